The molecule has 2 heterocycles. The Morgan fingerprint density at radius 2 is 2.16 bits per heavy atom. The number of benzene rings is 1. The summed E-state index contributed by atoms with van der Waals surface area (Å²) in [5.74, 6) is 0.581. The van der Waals surface area contributed by atoms with Crippen LogP contribution in [0.3, 0.4) is 0 Å². The van der Waals surface area contributed by atoms with Crippen LogP contribution in [0.5, 0.6) is 0 Å². The van der Waals surface area contributed by atoms with Crippen LogP contribution < -0.4 is 4.90 Å². The van der Waals surface area contributed by atoms with Crippen LogP contribution in [0.2, 0.25) is 10.3 Å². The summed E-state index contributed by atoms with van der Waals surface area (Å²) in [6.07, 6.45) is -0.927. The maximum atomic E-state index is 11.4. The number of amides is 1. The Morgan fingerprint density at radius 1 is 1.40 bits per heavy atom. The number of fused-ring (bicyclic) bond motifs is 1. The van der Waals surface area contributed by atoms with E-state index in [9.17, 15) is 9.90 Å². The number of nitriles is 1. The standard InChI is InChI=1S/C15H12BrCl2N5O2/c16-10-6-12-9(5-11(10)17)13(21-14(18)20-12)22-3-4-23(15(24)25)8(7-22)1-2-19/h5-6,8H,1,3-4,7H2,(H,24,25)/t8-/m0/s1. The third-order valence-electron chi connectivity index (χ3n) is 4.05. The molecule has 1 saturated heterocycles. The van der Waals surface area contributed by atoms with Crippen LogP contribution in [0, 0.1) is 11.3 Å². The molecule has 1 fully saturated rings. The van der Waals surface area contributed by atoms with Crippen molar-refractivity contribution in [3.05, 3.63) is 26.9 Å². The SMILES string of the molecule is N#CC[C@H]1CN(c2nc(Cl)nc3cc(Br)c(Cl)cc23)CCN1C(=O)O. The number of hydrogen-bond donors (Lipinski definition) is 1. The number of hydrogen-bond acceptors (Lipinski definition) is 5. The van der Waals surface area contributed by atoms with E-state index in [0.717, 1.165) is 5.39 Å². The Morgan fingerprint density at radius 3 is 2.84 bits per heavy atom. The molecular weight excluding hydrogens is 433 g/mol. The average Bonchev–Trinajstić information content (AvgIpc) is 2.56. The molecule has 0 saturated carbocycles. The summed E-state index contributed by atoms with van der Waals surface area (Å²) < 4.78 is 0.695. The zero-order chi connectivity index (χ0) is 18.1. The van der Waals surface area contributed by atoms with E-state index in [-0.39, 0.29) is 18.2 Å². The summed E-state index contributed by atoms with van der Waals surface area (Å²) in [4.78, 5) is 23.1. The van der Waals surface area contributed by atoms with Crippen LogP contribution in [-0.2, 0) is 0 Å². The lowest BCUT2D eigenvalue weighted by Gasteiger charge is -2.39. The smallest absolute Gasteiger partial charge is 0.407 e. The van der Waals surface area contributed by atoms with Gasteiger partial charge in [-0.05, 0) is 39.7 Å². The molecule has 0 bridgehead atoms. The van der Waals surface area contributed by atoms with Gasteiger partial charge in [-0.1, -0.05) is 11.6 Å². The molecule has 3 rings (SSSR count). The molecule has 25 heavy (non-hydrogen) atoms. The first-order chi connectivity index (χ1) is 11.9. The third-order valence-corrected chi connectivity index (χ3v) is 5.41. The van der Waals surface area contributed by atoms with E-state index in [2.05, 4.69) is 25.9 Å². The molecule has 1 aliphatic rings. The van der Waals surface area contributed by atoms with Gasteiger partial charge in [0.1, 0.15) is 5.82 Å². The minimum absolute atomic E-state index is 0.0919. The summed E-state index contributed by atoms with van der Waals surface area (Å²) in [5.41, 5.74) is 0.628. The lowest BCUT2D eigenvalue weighted by Crippen LogP contribution is -2.55. The second-order valence-electron chi connectivity index (χ2n) is 5.54. The highest BCUT2D eigenvalue weighted by molar-refractivity contribution is 9.10. The number of carbonyl (C=O) groups is 1. The molecule has 1 atom stereocenters. The van der Waals surface area contributed by atoms with Gasteiger partial charge in [-0.3, -0.25) is 0 Å². The van der Waals surface area contributed by atoms with Crippen molar-refractivity contribution in [2.75, 3.05) is 24.5 Å². The Kier molecular flexibility index (Phi) is 5.18. The van der Waals surface area contributed by atoms with Crippen molar-refractivity contribution >= 4 is 61.9 Å². The monoisotopic (exact) mass is 443 g/mol. The number of aromatic nitrogens is 2. The van der Waals surface area contributed by atoms with Gasteiger partial charge in [0.05, 0.1) is 29.1 Å². The zero-order valence-corrected chi connectivity index (χ0v) is 15.9. The van der Waals surface area contributed by atoms with Crippen LogP contribution in [0.15, 0.2) is 16.6 Å². The van der Waals surface area contributed by atoms with Gasteiger partial charge in [-0.15, -0.1) is 0 Å². The fourth-order valence-corrected chi connectivity index (χ4v) is 3.57. The fraction of sp³-hybridized carbons (Fsp3) is 0.333. The molecule has 1 aliphatic heterocycles. The quantitative estimate of drug-likeness (QED) is 0.708. The van der Waals surface area contributed by atoms with E-state index in [1.807, 2.05) is 11.0 Å². The predicted molar refractivity (Wildman–Crippen MR) is 98.2 cm³/mol. The summed E-state index contributed by atoms with van der Waals surface area (Å²) in [6.45, 7) is 1.05. The van der Waals surface area contributed by atoms with E-state index in [1.165, 1.54) is 4.90 Å². The minimum Gasteiger partial charge on any atom is -0.465 e. The van der Waals surface area contributed by atoms with Crippen molar-refractivity contribution < 1.29 is 9.90 Å². The van der Waals surface area contributed by atoms with Crippen molar-refractivity contribution in [2.45, 2.75) is 12.5 Å². The summed E-state index contributed by atoms with van der Waals surface area (Å²) in [5, 5.41) is 19.6. The Bertz CT molecular complexity index is 888. The first-order valence-corrected chi connectivity index (χ1v) is 8.89. The lowest BCUT2D eigenvalue weighted by atomic mass is 10.1. The van der Waals surface area contributed by atoms with Crippen molar-refractivity contribution in [3.8, 4) is 6.07 Å². The van der Waals surface area contributed by atoms with E-state index in [1.54, 1.807) is 12.1 Å². The van der Waals surface area contributed by atoms with Gasteiger partial charge in [-0.2, -0.15) is 10.2 Å². The first-order valence-electron chi connectivity index (χ1n) is 7.34. The molecule has 0 radical (unpaired) electrons. The van der Waals surface area contributed by atoms with Crippen molar-refractivity contribution in [2.24, 2.45) is 0 Å². The van der Waals surface area contributed by atoms with Crippen LogP contribution in [0.1, 0.15) is 6.42 Å². The maximum absolute atomic E-state index is 11.4. The van der Waals surface area contributed by atoms with Gasteiger partial charge in [0.15, 0.2) is 0 Å². The summed E-state index contributed by atoms with van der Waals surface area (Å²) >= 11 is 15.6. The fourth-order valence-electron chi connectivity index (χ4n) is 2.90. The van der Waals surface area contributed by atoms with Crippen LogP contribution in [0.25, 0.3) is 10.9 Å². The van der Waals surface area contributed by atoms with E-state index >= 15 is 0 Å². The Hall–Kier alpha value is -1.82. The Labute approximate surface area is 161 Å². The maximum Gasteiger partial charge on any atom is 0.407 e. The lowest BCUT2D eigenvalue weighted by molar-refractivity contribution is 0.119. The molecule has 7 nitrogen and oxygen atoms in total. The number of rotatable bonds is 2. The van der Waals surface area contributed by atoms with E-state index in [4.69, 9.17) is 28.5 Å². The minimum atomic E-state index is -1.03. The molecule has 1 aromatic heterocycles. The van der Waals surface area contributed by atoms with Gasteiger partial charge in [0.25, 0.3) is 0 Å². The third kappa shape index (κ3) is 3.59. The summed E-state index contributed by atoms with van der Waals surface area (Å²) in [6, 6.07) is 5.11. The molecular formula is C15H12BrCl2N5O2. The molecule has 1 N–H and O–H groups in total. The number of nitrogens with zero attached hydrogens (tertiary/aromatic N) is 5. The number of piperazine rings is 1. The molecule has 2 aromatic rings. The first kappa shape index (κ1) is 18.0. The predicted octanol–water partition coefficient (Wildman–Crippen LogP) is 3.78. The van der Waals surface area contributed by atoms with Gasteiger partial charge < -0.3 is 14.9 Å². The van der Waals surface area contributed by atoms with E-state index in [0.29, 0.717) is 33.9 Å². The number of halogens is 3. The highest BCUT2D eigenvalue weighted by Crippen LogP contribution is 2.33. The number of carboxylic acid groups (broad SMARTS) is 1. The Balaban J connectivity index is 2.03. The normalized spacial score (nSPS) is 17.6. The molecule has 0 aliphatic carbocycles. The molecule has 130 valence electrons. The van der Waals surface area contributed by atoms with Gasteiger partial charge >= 0.3 is 6.09 Å². The van der Waals surface area contributed by atoms with Crippen LogP contribution in [-0.4, -0.2) is 51.7 Å². The molecule has 0 unspecified atom stereocenters. The van der Waals surface area contributed by atoms with Crippen LogP contribution in [0.4, 0.5) is 10.6 Å². The highest BCUT2D eigenvalue weighted by Gasteiger charge is 2.31. The summed E-state index contributed by atoms with van der Waals surface area (Å²) in [7, 11) is 0. The topological polar surface area (TPSA) is 93.4 Å². The highest BCUT2D eigenvalue weighted by atomic mass is 79.9. The van der Waals surface area contributed by atoms with Crippen LogP contribution >= 0.6 is 39.1 Å². The van der Waals surface area contributed by atoms with Gasteiger partial charge in [-0.25, -0.2) is 9.78 Å². The zero-order valence-electron chi connectivity index (χ0n) is 12.8. The molecule has 0 spiro atoms. The van der Waals surface area contributed by atoms with Crippen molar-refractivity contribution in [1.29, 1.82) is 5.26 Å². The number of anilines is 1. The largest absolute Gasteiger partial charge is 0.465 e. The molecule has 1 aromatic carbocycles. The van der Waals surface area contributed by atoms with E-state index < -0.39 is 12.1 Å². The van der Waals surface area contributed by atoms with Gasteiger partial charge in [0.2, 0.25) is 5.28 Å². The van der Waals surface area contributed by atoms with Crippen molar-refractivity contribution in [3.63, 3.8) is 0 Å². The second-order valence-corrected chi connectivity index (χ2v) is 7.14. The second kappa shape index (κ2) is 7.20. The van der Waals surface area contributed by atoms with Crippen molar-refractivity contribution in [1.82, 2.24) is 14.9 Å². The average molecular weight is 445 g/mol. The van der Waals surface area contributed by atoms with Gasteiger partial charge in [0, 0.05) is 29.5 Å². The molecule has 1 amide bonds. The molecule has 10 heteroatoms.